The van der Waals surface area contributed by atoms with Gasteiger partial charge in [-0.15, -0.1) is 0 Å². The van der Waals surface area contributed by atoms with E-state index in [0.717, 1.165) is 0 Å². The molecule has 0 saturated heterocycles. The van der Waals surface area contributed by atoms with Crippen molar-refractivity contribution in [2.75, 3.05) is 28.4 Å². The highest BCUT2D eigenvalue weighted by molar-refractivity contribution is 6.35. The average Bonchev–Trinajstić information content (AvgIpc) is 3.14. The Labute approximate surface area is 307 Å². The first-order chi connectivity index (χ1) is 24.4. The van der Waals surface area contributed by atoms with Crippen LogP contribution >= 0.6 is 0 Å². The lowest BCUT2D eigenvalue weighted by molar-refractivity contribution is -0.144. The lowest BCUT2D eigenvalue weighted by Crippen LogP contribution is -2.63. The number of aliphatic hydroxyl groups is 2. The quantitative estimate of drug-likeness (QED) is 0.132. The molecule has 0 radical (unpaired) electrons. The number of ether oxygens (including phenoxy) is 4. The van der Waals surface area contributed by atoms with Gasteiger partial charge in [-0.2, -0.15) is 0 Å². The number of nitrogens with one attached hydrogen (secondary N) is 2. The number of hydrogen-bond acceptors (Lipinski definition) is 8. The van der Waals surface area contributed by atoms with E-state index in [2.05, 4.69) is 10.6 Å². The Morgan fingerprint density at radius 1 is 0.442 bits per heavy atom. The average molecular weight is 713 g/mol. The fraction of sp³-hybridized carbons (Fsp3) is 0.381. The van der Waals surface area contributed by atoms with E-state index in [0.29, 0.717) is 45.3 Å². The molecule has 0 aliphatic rings. The first-order valence-electron chi connectivity index (χ1n) is 17.1. The Hall–Kier alpha value is -5.06. The van der Waals surface area contributed by atoms with Crippen molar-refractivity contribution in [1.29, 1.82) is 0 Å². The minimum absolute atomic E-state index is 0.472. The lowest BCUT2D eigenvalue weighted by Gasteiger charge is -2.46. The molecule has 2 amide bonds. The molecule has 2 atom stereocenters. The van der Waals surface area contributed by atoms with Crippen molar-refractivity contribution in [2.45, 2.75) is 64.8 Å². The van der Waals surface area contributed by atoms with Crippen LogP contribution in [0.4, 0.5) is 0 Å². The van der Waals surface area contributed by atoms with E-state index in [1.807, 2.05) is 41.5 Å². The van der Waals surface area contributed by atoms with Crippen LogP contribution in [0.15, 0.2) is 97.1 Å². The summed E-state index contributed by atoms with van der Waals surface area (Å²) in [7, 11) is 6.21. The van der Waals surface area contributed by atoms with Gasteiger partial charge in [-0.3, -0.25) is 9.59 Å². The van der Waals surface area contributed by atoms with Crippen molar-refractivity contribution >= 4 is 11.8 Å². The van der Waals surface area contributed by atoms with Crippen LogP contribution in [0.1, 0.15) is 63.8 Å². The predicted molar refractivity (Wildman–Crippen MR) is 201 cm³/mol. The van der Waals surface area contributed by atoms with Gasteiger partial charge in [0.25, 0.3) is 0 Å². The maximum absolute atomic E-state index is 14.2. The predicted octanol–water partition coefficient (Wildman–Crippen LogP) is 5.95. The van der Waals surface area contributed by atoms with Crippen molar-refractivity contribution in [3.05, 3.63) is 119 Å². The number of amides is 2. The molecule has 4 aromatic rings. The molecule has 278 valence electrons. The molecule has 0 aliphatic carbocycles. The zero-order valence-electron chi connectivity index (χ0n) is 31.7. The lowest BCUT2D eigenvalue weighted by atomic mass is 9.69. The summed E-state index contributed by atoms with van der Waals surface area (Å²) in [6.45, 7) is 11.2. The van der Waals surface area contributed by atoms with Gasteiger partial charge in [0.2, 0.25) is 0 Å². The third-order valence-corrected chi connectivity index (χ3v) is 9.45. The number of methoxy groups -OCH3 is 4. The third kappa shape index (κ3) is 8.19. The molecule has 4 rings (SSSR count). The second-order valence-electron chi connectivity index (χ2n) is 15.0. The first-order valence-corrected chi connectivity index (χ1v) is 17.1. The van der Waals surface area contributed by atoms with Gasteiger partial charge in [-0.25, -0.2) is 0 Å². The third-order valence-electron chi connectivity index (χ3n) is 9.45. The van der Waals surface area contributed by atoms with Crippen molar-refractivity contribution in [3.8, 4) is 23.0 Å². The molecule has 4 N–H and O–H groups in total. The number of carbonyl (C=O) groups is 2. The Kier molecular flexibility index (Phi) is 12.0. The van der Waals surface area contributed by atoms with Gasteiger partial charge >= 0.3 is 11.8 Å². The van der Waals surface area contributed by atoms with Crippen LogP contribution in [0.2, 0.25) is 0 Å². The highest BCUT2D eigenvalue weighted by Crippen LogP contribution is 2.43. The molecule has 0 saturated carbocycles. The van der Waals surface area contributed by atoms with Crippen molar-refractivity contribution < 1.29 is 38.7 Å². The summed E-state index contributed by atoms with van der Waals surface area (Å²) in [5.41, 5.74) is -3.33. The molecule has 0 bridgehead atoms. The van der Waals surface area contributed by atoms with Gasteiger partial charge in [0.1, 0.15) is 34.2 Å². The second-order valence-corrected chi connectivity index (χ2v) is 15.0. The normalized spacial score (nSPS) is 13.4. The van der Waals surface area contributed by atoms with Crippen LogP contribution in [0.5, 0.6) is 23.0 Å². The zero-order chi connectivity index (χ0) is 38.5. The standard InChI is InChI=1S/C42H52N2O8/c1-39(2,3)37(41(47,27-11-19-31(49-7)20-12-27)28-13-21-32(50-8)22-14-28)43-35(45)36(46)44-38(40(4,5)6)42(48,29-15-23-33(51-9)24-16-29)30-17-25-34(52-10)26-18-30/h11-26,37-38,47-48H,1-10H3,(H,43,45)(H,44,46). The fourth-order valence-corrected chi connectivity index (χ4v) is 6.67. The molecule has 10 heteroatoms. The maximum atomic E-state index is 14.2. The molecule has 2 unspecified atom stereocenters. The maximum Gasteiger partial charge on any atom is 0.309 e. The van der Waals surface area contributed by atoms with Crippen LogP contribution in [-0.2, 0) is 20.8 Å². The topological polar surface area (TPSA) is 136 Å². The number of carbonyl (C=O) groups excluding carboxylic acids is 2. The van der Waals surface area contributed by atoms with Gasteiger partial charge in [-0.1, -0.05) is 90.1 Å². The van der Waals surface area contributed by atoms with Crippen LogP contribution in [0, 0.1) is 10.8 Å². The summed E-state index contributed by atoms with van der Waals surface area (Å²) in [5, 5.41) is 31.5. The summed E-state index contributed by atoms with van der Waals surface area (Å²) in [6.07, 6.45) is 0. The molecule has 0 spiro atoms. The molecule has 52 heavy (non-hydrogen) atoms. The zero-order valence-corrected chi connectivity index (χ0v) is 31.7. The smallest absolute Gasteiger partial charge is 0.309 e. The van der Waals surface area contributed by atoms with Crippen LogP contribution in [-0.4, -0.2) is 62.6 Å². The van der Waals surface area contributed by atoms with Gasteiger partial charge in [0, 0.05) is 0 Å². The van der Waals surface area contributed by atoms with Gasteiger partial charge < -0.3 is 39.8 Å². The number of hydrogen-bond donors (Lipinski definition) is 4. The largest absolute Gasteiger partial charge is 0.497 e. The van der Waals surface area contributed by atoms with Crippen LogP contribution < -0.4 is 29.6 Å². The molecule has 0 aliphatic heterocycles. The van der Waals surface area contributed by atoms with E-state index < -0.39 is 45.9 Å². The highest BCUT2D eigenvalue weighted by atomic mass is 16.5. The fourth-order valence-electron chi connectivity index (χ4n) is 6.67. The van der Waals surface area contributed by atoms with E-state index in [1.54, 1.807) is 126 Å². The summed E-state index contributed by atoms with van der Waals surface area (Å²) >= 11 is 0. The summed E-state index contributed by atoms with van der Waals surface area (Å²) in [6, 6.07) is 25.6. The SMILES string of the molecule is COc1ccc(C(O)(c2ccc(OC)cc2)C(NC(=O)C(=O)NC(C(C)(C)C)C(O)(c2ccc(OC)cc2)c2ccc(OC)cc2)C(C)(C)C)cc1. The van der Waals surface area contributed by atoms with E-state index in [1.165, 1.54) is 0 Å². The molecular weight excluding hydrogens is 660 g/mol. The van der Waals surface area contributed by atoms with Crippen LogP contribution in [0.25, 0.3) is 0 Å². The molecule has 10 nitrogen and oxygen atoms in total. The monoisotopic (exact) mass is 712 g/mol. The molecule has 4 aromatic carbocycles. The van der Waals surface area contributed by atoms with Gasteiger partial charge in [0.15, 0.2) is 0 Å². The minimum atomic E-state index is -1.82. The Morgan fingerprint density at radius 2 is 0.635 bits per heavy atom. The Bertz CT molecular complexity index is 1560. The summed E-state index contributed by atoms with van der Waals surface area (Å²) < 4.78 is 21.5. The summed E-state index contributed by atoms with van der Waals surface area (Å²) in [5.74, 6) is 0.386. The number of rotatable bonds is 12. The molecular formula is C42H52N2O8. The van der Waals surface area contributed by atoms with Gasteiger partial charge in [0.05, 0.1) is 40.5 Å². The molecule has 0 fully saturated rings. The van der Waals surface area contributed by atoms with Crippen molar-refractivity contribution in [2.24, 2.45) is 10.8 Å². The Morgan fingerprint density at radius 3 is 0.788 bits per heavy atom. The Balaban J connectivity index is 1.79. The first kappa shape index (κ1) is 39.7. The van der Waals surface area contributed by atoms with E-state index >= 15 is 0 Å². The highest BCUT2D eigenvalue weighted by Gasteiger charge is 2.50. The minimum Gasteiger partial charge on any atom is -0.497 e. The van der Waals surface area contributed by atoms with E-state index in [-0.39, 0.29) is 0 Å². The van der Waals surface area contributed by atoms with Crippen molar-refractivity contribution in [3.63, 3.8) is 0 Å². The van der Waals surface area contributed by atoms with E-state index in [4.69, 9.17) is 18.9 Å². The molecule has 0 heterocycles. The summed E-state index contributed by atoms with van der Waals surface area (Å²) in [4.78, 5) is 28.3. The van der Waals surface area contributed by atoms with Gasteiger partial charge in [-0.05, 0) is 81.6 Å². The number of benzene rings is 4. The van der Waals surface area contributed by atoms with E-state index in [9.17, 15) is 19.8 Å². The second kappa shape index (κ2) is 15.7. The van der Waals surface area contributed by atoms with Crippen LogP contribution in [0.3, 0.4) is 0 Å². The molecule has 0 aromatic heterocycles. The van der Waals surface area contributed by atoms with Crippen molar-refractivity contribution in [1.82, 2.24) is 10.6 Å².